The highest BCUT2D eigenvalue weighted by atomic mass is 16.6. The highest BCUT2D eigenvalue weighted by Crippen LogP contribution is 2.31. The zero-order valence-electron chi connectivity index (χ0n) is 13.9. The van der Waals surface area contributed by atoms with Gasteiger partial charge in [-0.1, -0.05) is 20.8 Å². The molecule has 6 heteroatoms. The van der Waals surface area contributed by atoms with E-state index in [0.717, 1.165) is 26.1 Å². The molecular weight excluding hydrogens is 286 g/mol. The first-order valence-electron chi connectivity index (χ1n) is 8.17. The van der Waals surface area contributed by atoms with E-state index in [4.69, 9.17) is 14.2 Å². The predicted molar refractivity (Wildman–Crippen MR) is 81.7 cm³/mol. The van der Waals surface area contributed by atoms with Crippen LogP contribution in [0.5, 0.6) is 0 Å². The van der Waals surface area contributed by atoms with Gasteiger partial charge in [0.1, 0.15) is 6.10 Å². The minimum absolute atomic E-state index is 0.0916. The van der Waals surface area contributed by atoms with Gasteiger partial charge in [0.05, 0.1) is 25.9 Å². The summed E-state index contributed by atoms with van der Waals surface area (Å²) in [6.07, 6.45) is 1.23. The van der Waals surface area contributed by atoms with Crippen LogP contribution in [0.4, 0.5) is 4.79 Å². The van der Waals surface area contributed by atoms with Crippen molar-refractivity contribution in [3.63, 3.8) is 0 Å². The molecule has 2 atom stereocenters. The summed E-state index contributed by atoms with van der Waals surface area (Å²) in [5, 5.41) is 9.54. The van der Waals surface area contributed by atoms with E-state index in [2.05, 4.69) is 0 Å². The molecule has 2 aliphatic rings. The van der Waals surface area contributed by atoms with Crippen LogP contribution in [0.1, 0.15) is 33.6 Å². The third kappa shape index (κ3) is 4.33. The van der Waals surface area contributed by atoms with Crippen LogP contribution in [0.25, 0.3) is 0 Å². The van der Waals surface area contributed by atoms with E-state index in [1.54, 1.807) is 4.90 Å². The molecule has 1 amide bonds. The van der Waals surface area contributed by atoms with Crippen LogP contribution in [0, 0.1) is 11.3 Å². The topological polar surface area (TPSA) is 68.2 Å². The van der Waals surface area contributed by atoms with Crippen molar-refractivity contribution in [2.45, 2.75) is 45.8 Å². The molecule has 0 aromatic carbocycles. The lowest BCUT2D eigenvalue weighted by atomic mass is 9.81. The van der Waals surface area contributed by atoms with E-state index in [9.17, 15) is 9.90 Å². The van der Waals surface area contributed by atoms with Gasteiger partial charge >= 0.3 is 6.09 Å². The first-order valence-corrected chi connectivity index (χ1v) is 8.17. The van der Waals surface area contributed by atoms with E-state index in [1.807, 2.05) is 20.8 Å². The Morgan fingerprint density at radius 2 is 1.95 bits per heavy atom. The molecule has 2 saturated heterocycles. The Bertz CT molecular complexity index is 362. The predicted octanol–water partition coefficient (Wildman–Crippen LogP) is 1.66. The number of hydrogen-bond acceptors (Lipinski definition) is 5. The number of carbonyl (C=O) groups excluding carboxylic acids is 1. The summed E-state index contributed by atoms with van der Waals surface area (Å²) in [6, 6.07) is -0.187. The molecule has 128 valence electrons. The minimum Gasteiger partial charge on any atom is -0.449 e. The van der Waals surface area contributed by atoms with Crippen LogP contribution in [0.15, 0.2) is 0 Å². The first-order chi connectivity index (χ1) is 10.4. The number of morpholine rings is 1. The fourth-order valence-corrected chi connectivity index (χ4v) is 3.30. The van der Waals surface area contributed by atoms with E-state index < -0.39 is 0 Å². The number of amides is 1. The highest BCUT2D eigenvalue weighted by Gasteiger charge is 2.43. The van der Waals surface area contributed by atoms with Crippen molar-refractivity contribution in [2.24, 2.45) is 11.3 Å². The fraction of sp³-hybridized carbons (Fsp3) is 0.938. The molecule has 0 aromatic rings. The van der Waals surface area contributed by atoms with E-state index in [1.165, 1.54) is 0 Å². The molecule has 0 aromatic heterocycles. The van der Waals surface area contributed by atoms with Gasteiger partial charge in [-0.25, -0.2) is 4.79 Å². The fourth-order valence-electron chi connectivity index (χ4n) is 3.30. The van der Waals surface area contributed by atoms with Crippen molar-refractivity contribution >= 4 is 6.09 Å². The Labute approximate surface area is 132 Å². The summed E-state index contributed by atoms with van der Waals surface area (Å²) in [4.78, 5) is 14.2. The van der Waals surface area contributed by atoms with Crippen LogP contribution >= 0.6 is 0 Å². The number of aliphatic hydroxyl groups excluding tert-OH is 1. The number of carbonyl (C=O) groups is 1. The number of ether oxygens (including phenoxy) is 3. The monoisotopic (exact) mass is 315 g/mol. The lowest BCUT2D eigenvalue weighted by molar-refractivity contribution is -0.115. The zero-order chi connectivity index (χ0) is 16.2. The Balaban J connectivity index is 1.95. The summed E-state index contributed by atoms with van der Waals surface area (Å²) in [5.74, 6) is 0.389. The number of hydrogen-bond donors (Lipinski definition) is 1. The van der Waals surface area contributed by atoms with Gasteiger partial charge in [-0.2, -0.15) is 0 Å². The lowest BCUT2D eigenvalue weighted by Crippen LogP contribution is -2.60. The molecular formula is C16H29NO5. The van der Waals surface area contributed by atoms with Gasteiger partial charge in [0.25, 0.3) is 0 Å². The average Bonchev–Trinajstić information content (AvgIpc) is 2.52. The maximum Gasteiger partial charge on any atom is 0.410 e. The summed E-state index contributed by atoms with van der Waals surface area (Å²) in [5.41, 5.74) is -0.189. The molecule has 2 aliphatic heterocycles. The van der Waals surface area contributed by atoms with Crippen LogP contribution in [-0.4, -0.2) is 67.8 Å². The third-order valence-corrected chi connectivity index (χ3v) is 4.44. The zero-order valence-corrected chi connectivity index (χ0v) is 13.9. The average molecular weight is 315 g/mol. The SMILES string of the molecule is CC(C)(C)C1C(CO)OCCN1C(=O)OCC1CCOCC1. The quantitative estimate of drug-likeness (QED) is 0.858. The van der Waals surface area contributed by atoms with Crippen molar-refractivity contribution < 1.29 is 24.1 Å². The van der Waals surface area contributed by atoms with E-state index >= 15 is 0 Å². The van der Waals surface area contributed by atoms with Crippen molar-refractivity contribution in [1.29, 1.82) is 0 Å². The number of rotatable bonds is 3. The van der Waals surface area contributed by atoms with Crippen LogP contribution in [0.2, 0.25) is 0 Å². The third-order valence-electron chi connectivity index (χ3n) is 4.44. The highest BCUT2D eigenvalue weighted by molar-refractivity contribution is 5.68. The van der Waals surface area contributed by atoms with Crippen LogP contribution < -0.4 is 0 Å². The van der Waals surface area contributed by atoms with Gasteiger partial charge < -0.3 is 19.3 Å². The second kappa shape index (κ2) is 7.62. The Kier molecular flexibility index (Phi) is 6.06. The maximum atomic E-state index is 12.5. The summed E-state index contributed by atoms with van der Waals surface area (Å²) < 4.78 is 16.5. The van der Waals surface area contributed by atoms with E-state index in [-0.39, 0.29) is 30.3 Å². The summed E-state index contributed by atoms with van der Waals surface area (Å²) in [7, 11) is 0. The smallest absolute Gasteiger partial charge is 0.410 e. The van der Waals surface area contributed by atoms with Gasteiger partial charge in [0, 0.05) is 19.8 Å². The minimum atomic E-state index is -0.357. The van der Waals surface area contributed by atoms with Crippen molar-refractivity contribution in [2.75, 3.05) is 39.6 Å². The largest absolute Gasteiger partial charge is 0.449 e. The molecule has 0 bridgehead atoms. The summed E-state index contributed by atoms with van der Waals surface area (Å²) in [6.45, 7) is 8.93. The van der Waals surface area contributed by atoms with Crippen molar-refractivity contribution in [1.82, 2.24) is 4.90 Å². The Morgan fingerprint density at radius 3 is 2.55 bits per heavy atom. The molecule has 2 rings (SSSR count). The van der Waals surface area contributed by atoms with Gasteiger partial charge in [-0.05, 0) is 24.2 Å². The second-order valence-corrected chi connectivity index (χ2v) is 7.23. The second-order valence-electron chi connectivity index (χ2n) is 7.23. The lowest BCUT2D eigenvalue weighted by Gasteiger charge is -2.46. The van der Waals surface area contributed by atoms with Gasteiger partial charge in [-0.3, -0.25) is 4.90 Å². The number of nitrogens with zero attached hydrogens (tertiary/aromatic N) is 1. The van der Waals surface area contributed by atoms with Gasteiger partial charge in [0.15, 0.2) is 0 Å². The molecule has 1 N–H and O–H groups in total. The first kappa shape index (κ1) is 17.5. The van der Waals surface area contributed by atoms with Crippen molar-refractivity contribution in [3.8, 4) is 0 Å². The van der Waals surface area contributed by atoms with Gasteiger partial charge in [-0.15, -0.1) is 0 Å². The number of aliphatic hydroxyl groups is 1. The molecule has 0 radical (unpaired) electrons. The van der Waals surface area contributed by atoms with Crippen LogP contribution in [-0.2, 0) is 14.2 Å². The Morgan fingerprint density at radius 1 is 1.27 bits per heavy atom. The molecule has 0 spiro atoms. The maximum absolute atomic E-state index is 12.5. The van der Waals surface area contributed by atoms with Crippen LogP contribution in [0.3, 0.4) is 0 Å². The molecule has 2 fully saturated rings. The van der Waals surface area contributed by atoms with Crippen molar-refractivity contribution in [3.05, 3.63) is 0 Å². The summed E-state index contributed by atoms with van der Waals surface area (Å²) >= 11 is 0. The standard InChI is InChI=1S/C16H29NO5/c1-16(2,3)14-13(10-18)21-9-6-17(14)15(19)22-11-12-4-7-20-8-5-12/h12-14,18H,4-11H2,1-3H3. The molecule has 22 heavy (non-hydrogen) atoms. The molecule has 0 aliphatic carbocycles. The molecule has 2 unspecified atom stereocenters. The molecule has 6 nitrogen and oxygen atoms in total. The van der Waals surface area contributed by atoms with Gasteiger partial charge in [0.2, 0.25) is 0 Å². The molecule has 0 saturated carbocycles. The normalized spacial score (nSPS) is 27.7. The molecule has 2 heterocycles. The Hall–Kier alpha value is -0.850. The van der Waals surface area contributed by atoms with E-state index in [0.29, 0.717) is 25.7 Å².